The molecule has 1 amide bonds. The first-order valence-electron chi connectivity index (χ1n) is 5.41. The van der Waals surface area contributed by atoms with Crippen molar-refractivity contribution in [1.29, 1.82) is 0 Å². The monoisotopic (exact) mass is 329 g/mol. The van der Waals surface area contributed by atoms with Gasteiger partial charge in [-0.25, -0.2) is 8.42 Å². The SMILES string of the molecule is Cc1ccc(S(=O)(=O)Cl)cc1C(=O)NCCC(F)(F)F. The van der Waals surface area contributed by atoms with Crippen molar-refractivity contribution in [3.63, 3.8) is 0 Å². The highest BCUT2D eigenvalue weighted by Crippen LogP contribution is 2.20. The summed E-state index contributed by atoms with van der Waals surface area (Å²) in [6, 6.07) is 3.60. The van der Waals surface area contributed by atoms with Crippen LogP contribution in [0.5, 0.6) is 0 Å². The van der Waals surface area contributed by atoms with Crippen molar-refractivity contribution in [1.82, 2.24) is 5.32 Å². The van der Waals surface area contributed by atoms with Crippen molar-refractivity contribution in [3.8, 4) is 0 Å². The number of amides is 1. The molecule has 9 heteroatoms. The van der Waals surface area contributed by atoms with Crippen molar-refractivity contribution in [2.45, 2.75) is 24.4 Å². The van der Waals surface area contributed by atoms with Gasteiger partial charge in [-0.15, -0.1) is 0 Å². The van der Waals surface area contributed by atoms with Gasteiger partial charge in [0.1, 0.15) is 0 Å². The Labute approximate surface area is 118 Å². The predicted octanol–water partition coefficient (Wildman–Crippen LogP) is 2.60. The molecule has 0 unspecified atom stereocenters. The third-order valence-corrected chi connectivity index (χ3v) is 3.78. The Balaban J connectivity index is 2.88. The molecule has 0 fully saturated rings. The van der Waals surface area contributed by atoms with Crippen LogP contribution in [0.25, 0.3) is 0 Å². The van der Waals surface area contributed by atoms with E-state index in [1.54, 1.807) is 0 Å². The quantitative estimate of drug-likeness (QED) is 0.864. The molecule has 20 heavy (non-hydrogen) atoms. The van der Waals surface area contributed by atoms with Gasteiger partial charge in [0, 0.05) is 22.8 Å². The maximum Gasteiger partial charge on any atom is 0.390 e. The molecule has 4 nitrogen and oxygen atoms in total. The standard InChI is InChI=1S/C11H11ClF3NO3S/c1-7-2-3-8(20(12,18)19)6-9(7)10(17)16-5-4-11(13,14)15/h2-3,6H,4-5H2,1H3,(H,16,17). The first-order valence-corrected chi connectivity index (χ1v) is 7.72. The number of nitrogens with one attached hydrogen (secondary N) is 1. The fraction of sp³-hybridized carbons (Fsp3) is 0.364. The van der Waals surface area contributed by atoms with Gasteiger partial charge in [-0.3, -0.25) is 4.79 Å². The van der Waals surface area contributed by atoms with Crippen LogP contribution in [0.15, 0.2) is 23.1 Å². The van der Waals surface area contributed by atoms with Crippen LogP contribution in [0.2, 0.25) is 0 Å². The summed E-state index contributed by atoms with van der Waals surface area (Å²) >= 11 is 0. The minimum atomic E-state index is -4.37. The van der Waals surface area contributed by atoms with Gasteiger partial charge in [-0.2, -0.15) is 13.2 Å². The highest BCUT2D eigenvalue weighted by molar-refractivity contribution is 8.13. The lowest BCUT2D eigenvalue weighted by molar-refractivity contribution is -0.132. The molecule has 1 aromatic carbocycles. The second-order valence-electron chi connectivity index (χ2n) is 4.04. The maximum absolute atomic E-state index is 12.0. The molecule has 0 saturated heterocycles. The van der Waals surface area contributed by atoms with E-state index in [1.807, 2.05) is 0 Å². The summed E-state index contributed by atoms with van der Waals surface area (Å²) < 4.78 is 58.2. The van der Waals surface area contributed by atoms with Crippen molar-refractivity contribution >= 4 is 25.6 Å². The van der Waals surface area contributed by atoms with Crippen LogP contribution in [0, 0.1) is 6.92 Å². The lowest BCUT2D eigenvalue weighted by Gasteiger charge is -2.10. The van der Waals surface area contributed by atoms with E-state index in [0.29, 0.717) is 5.56 Å². The number of hydrogen-bond donors (Lipinski definition) is 1. The average molecular weight is 330 g/mol. The first-order chi connectivity index (χ1) is 9.00. The van der Waals surface area contributed by atoms with Gasteiger partial charge in [0.25, 0.3) is 15.0 Å². The summed E-state index contributed by atoms with van der Waals surface area (Å²) in [4.78, 5) is 11.4. The van der Waals surface area contributed by atoms with E-state index in [0.717, 1.165) is 6.07 Å². The van der Waals surface area contributed by atoms with Crippen LogP contribution in [-0.4, -0.2) is 27.0 Å². The van der Waals surface area contributed by atoms with Crippen molar-refractivity contribution in [2.24, 2.45) is 0 Å². The summed E-state index contributed by atoms with van der Waals surface area (Å²) in [5.41, 5.74) is 0.396. The molecule has 0 aliphatic heterocycles. The molecule has 0 aliphatic rings. The van der Waals surface area contributed by atoms with Gasteiger partial charge in [0.2, 0.25) is 0 Å². The Hall–Kier alpha value is -1.28. The summed E-state index contributed by atoms with van der Waals surface area (Å²) in [6.45, 7) is 0.947. The molecule has 0 aliphatic carbocycles. The second kappa shape index (κ2) is 6.01. The summed E-state index contributed by atoms with van der Waals surface area (Å²) in [5, 5.41) is 2.08. The minimum absolute atomic E-state index is 0.0334. The summed E-state index contributed by atoms with van der Waals surface area (Å²) in [5.74, 6) is -0.783. The summed E-state index contributed by atoms with van der Waals surface area (Å²) in [7, 11) is 1.14. The van der Waals surface area contributed by atoms with Gasteiger partial charge in [0.05, 0.1) is 11.3 Å². The molecule has 1 rings (SSSR count). The van der Waals surface area contributed by atoms with Gasteiger partial charge >= 0.3 is 6.18 Å². The van der Waals surface area contributed by atoms with Crippen molar-refractivity contribution < 1.29 is 26.4 Å². The van der Waals surface area contributed by atoms with Crippen LogP contribution >= 0.6 is 10.7 Å². The average Bonchev–Trinajstić information content (AvgIpc) is 2.25. The predicted molar refractivity (Wildman–Crippen MR) is 67.2 cm³/mol. The highest BCUT2D eigenvalue weighted by Gasteiger charge is 2.26. The Morgan fingerprint density at radius 3 is 2.45 bits per heavy atom. The lowest BCUT2D eigenvalue weighted by atomic mass is 10.1. The normalized spacial score (nSPS) is 12.2. The van der Waals surface area contributed by atoms with Crippen molar-refractivity contribution in [2.75, 3.05) is 6.54 Å². The molecule has 0 heterocycles. The van der Waals surface area contributed by atoms with E-state index in [9.17, 15) is 26.4 Å². The number of aryl methyl sites for hydroxylation is 1. The Kier molecular flexibility index (Phi) is 5.04. The smallest absolute Gasteiger partial charge is 0.352 e. The van der Waals surface area contributed by atoms with Gasteiger partial charge < -0.3 is 5.32 Å². The first kappa shape index (κ1) is 16.8. The van der Waals surface area contributed by atoms with E-state index in [2.05, 4.69) is 5.32 Å². The molecular weight excluding hydrogens is 319 g/mol. The van der Waals surface area contributed by atoms with E-state index in [-0.39, 0.29) is 10.5 Å². The molecule has 0 radical (unpaired) electrons. The molecule has 1 N–H and O–H groups in total. The van der Waals surface area contributed by atoms with Gasteiger partial charge in [0.15, 0.2) is 0 Å². The zero-order chi connectivity index (χ0) is 15.6. The zero-order valence-corrected chi connectivity index (χ0v) is 11.9. The van der Waals surface area contributed by atoms with Crippen molar-refractivity contribution in [3.05, 3.63) is 29.3 Å². The summed E-state index contributed by atoms with van der Waals surface area (Å²) in [6.07, 6.45) is -5.53. The van der Waals surface area contributed by atoms with Gasteiger partial charge in [-0.1, -0.05) is 6.07 Å². The maximum atomic E-state index is 12.0. The Morgan fingerprint density at radius 1 is 1.35 bits per heavy atom. The number of hydrogen-bond acceptors (Lipinski definition) is 3. The topological polar surface area (TPSA) is 63.2 Å². The van der Waals surface area contributed by atoms with Crippen LogP contribution in [0.4, 0.5) is 13.2 Å². The third-order valence-electron chi connectivity index (χ3n) is 2.43. The molecule has 1 aromatic rings. The highest BCUT2D eigenvalue weighted by atomic mass is 35.7. The minimum Gasteiger partial charge on any atom is -0.352 e. The lowest BCUT2D eigenvalue weighted by Crippen LogP contribution is -2.28. The zero-order valence-electron chi connectivity index (χ0n) is 10.3. The molecule has 0 saturated carbocycles. The fourth-order valence-corrected chi connectivity index (χ4v) is 2.19. The number of carbonyl (C=O) groups excluding carboxylic acids is 1. The van der Waals surface area contributed by atoms with E-state index < -0.39 is 34.1 Å². The van der Waals surface area contributed by atoms with Crippen LogP contribution in [-0.2, 0) is 9.05 Å². The molecule has 0 atom stereocenters. The molecule has 0 bridgehead atoms. The Morgan fingerprint density at radius 2 is 1.95 bits per heavy atom. The van der Waals surface area contributed by atoms with Crippen LogP contribution < -0.4 is 5.32 Å². The number of benzene rings is 1. The molecule has 112 valence electrons. The Bertz CT molecular complexity index is 614. The molecule has 0 aromatic heterocycles. The van der Waals surface area contributed by atoms with Crippen LogP contribution in [0.3, 0.4) is 0 Å². The van der Waals surface area contributed by atoms with Gasteiger partial charge in [-0.05, 0) is 24.6 Å². The number of halogens is 4. The number of carbonyl (C=O) groups is 1. The molecular formula is C11H11ClF3NO3S. The molecule has 0 spiro atoms. The largest absolute Gasteiger partial charge is 0.390 e. The second-order valence-corrected chi connectivity index (χ2v) is 6.60. The third kappa shape index (κ3) is 5.01. The van der Waals surface area contributed by atoms with E-state index in [4.69, 9.17) is 10.7 Å². The van der Waals surface area contributed by atoms with E-state index >= 15 is 0 Å². The van der Waals surface area contributed by atoms with Crippen LogP contribution in [0.1, 0.15) is 22.3 Å². The number of rotatable bonds is 4. The fourth-order valence-electron chi connectivity index (χ4n) is 1.41. The number of alkyl halides is 3. The van der Waals surface area contributed by atoms with E-state index in [1.165, 1.54) is 19.1 Å².